The molecule has 0 aromatic carbocycles. The van der Waals surface area contributed by atoms with Crippen LogP contribution in [-0.2, 0) is 0 Å². The molecule has 1 fully saturated rings. The van der Waals surface area contributed by atoms with Crippen LogP contribution in [0.1, 0.15) is 32.6 Å². The van der Waals surface area contributed by atoms with E-state index in [1.54, 1.807) is 0 Å². The minimum Gasteiger partial charge on any atom is -0.366 e. The fourth-order valence-corrected chi connectivity index (χ4v) is 1.45. The van der Waals surface area contributed by atoms with Crippen molar-refractivity contribution in [1.29, 1.82) is 0 Å². The Morgan fingerprint density at radius 2 is 2.22 bits per heavy atom. The molecule has 0 saturated heterocycles. The summed E-state index contributed by atoms with van der Waals surface area (Å²) in [5.74, 6) is -0.791. The first-order valence-corrected chi connectivity index (χ1v) is 3.59. The van der Waals surface area contributed by atoms with Crippen molar-refractivity contribution in [2.24, 2.45) is 5.92 Å². The lowest BCUT2D eigenvalue weighted by Crippen LogP contribution is -2.23. The molecule has 0 spiro atoms. The third-order valence-corrected chi connectivity index (χ3v) is 2.15. The molecule has 1 aliphatic rings. The predicted octanol–water partition coefficient (Wildman–Crippen LogP) is 0.877. The maximum Gasteiger partial charge on any atom is 0.162 e. The Hall–Kier alpha value is -0.0800. The Labute approximate surface area is 55.5 Å². The van der Waals surface area contributed by atoms with Crippen LogP contribution in [0.15, 0.2) is 0 Å². The van der Waals surface area contributed by atoms with Crippen LogP contribution in [-0.4, -0.2) is 16.0 Å². The molecular weight excluding hydrogens is 116 g/mol. The molecule has 0 amide bonds. The van der Waals surface area contributed by atoms with E-state index in [4.69, 9.17) is 10.2 Å². The van der Waals surface area contributed by atoms with Crippen LogP contribution in [0.4, 0.5) is 0 Å². The molecular formula is C7H14O2. The van der Waals surface area contributed by atoms with Crippen molar-refractivity contribution in [3.63, 3.8) is 0 Å². The summed E-state index contributed by atoms with van der Waals surface area (Å²) in [6.45, 7) is 2.09. The van der Waals surface area contributed by atoms with E-state index < -0.39 is 5.79 Å². The zero-order valence-corrected chi connectivity index (χ0v) is 5.80. The van der Waals surface area contributed by atoms with Crippen LogP contribution in [0.25, 0.3) is 0 Å². The summed E-state index contributed by atoms with van der Waals surface area (Å²) < 4.78 is 0. The van der Waals surface area contributed by atoms with Gasteiger partial charge in [0.1, 0.15) is 0 Å². The van der Waals surface area contributed by atoms with Crippen molar-refractivity contribution >= 4 is 0 Å². The van der Waals surface area contributed by atoms with Gasteiger partial charge in [0.15, 0.2) is 5.79 Å². The van der Waals surface area contributed by atoms with Crippen LogP contribution >= 0.6 is 0 Å². The quantitative estimate of drug-likeness (QED) is 0.517. The van der Waals surface area contributed by atoms with Gasteiger partial charge in [0.05, 0.1) is 0 Å². The van der Waals surface area contributed by atoms with Crippen molar-refractivity contribution < 1.29 is 10.2 Å². The number of aliphatic hydroxyl groups is 2. The van der Waals surface area contributed by atoms with Crippen molar-refractivity contribution in [3.8, 4) is 0 Å². The highest BCUT2D eigenvalue weighted by Crippen LogP contribution is 2.33. The Bertz CT molecular complexity index is 99.1. The van der Waals surface area contributed by atoms with Crippen LogP contribution in [0.2, 0.25) is 0 Å². The normalized spacial score (nSPS) is 33.0. The predicted molar refractivity (Wildman–Crippen MR) is 34.8 cm³/mol. The first-order chi connectivity index (χ1) is 4.14. The van der Waals surface area contributed by atoms with Crippen LogP contribution < -0.4 is 0 Å². The van der Waals surface area contributed by atoms with E-state index in [2.05, 4.69) is 6.92 Å². The van der Waals surface area contributed by atoms with E-state index in [-0.39, 0.29) is 0 Å². The average molecular weight is 130 g/mol. The highest BCUT2D eigenvalue weighted by molar-refractivity contribution is 4.78. The van der Waals surface area contributed by atoms with Crippen LogP contribution in [0.5, 0.6) is 0 Å². The Morgan fingerprint density at radius 1 is 1.56 bits per heavy atom. The topological polar surface area (TPSA) is 40.5 Å². The molecule has 2 N–H and O–H groups in total. The molecule has 0 heterocycles. The maximum atomic E-state index is 9.05. The van der Waals surface area contributed by atoms with Gasteiger partial charge >= 0.3 is 0 Å². The number of hydrogen-bond acceptors (Lipinski definition) is 2. The molecule has 1 saturated carbocycles. The Kier molecular flexibility index (Phi) is 1.78. The molecule has 1 atom stereocenters. The van der Waals surface area contributed by atoms with Crippen molar-refractivity contribution in [2.75, 3.05) is 0 Å². The molecule has 2 nitrogen and oxygen atoms in total. The highest BCUT2D eigenvalue weighted by Gasteiger charge is 2.33. The summed E-state index contributed by atoms with van der Waals surface area (Å²) in [7, 11) is 0. The minimum atomic E-state index is -1.33. The van der Waals surface area contributed by atoms with E-state index >= 15 is 0 Å². The zero-order chi connectivity index (χ0) is 6.91. The van der Waals surface area contributed by atoms with Crippen LogP contribution in [0.3, 0.4) is 0 Å². The maximum absolute atomic E-state index is 9.05. The van der Waals surface area contributed by atoms with Gasteiger partial charge in [-0.05, 0) is 12.3 Å². The molecule has 9 heavy (non-hydrogen) atoms. The smallest absolute Gasteiger partial charge is 0.162 e. The lowest BCUT2D eigenvalue weighted by Gasteiger charge is -2.13. The fraction of sp³-hybridized carbons (Fsp3) is 1.00. The molecule has 1 unspecified atom stereocenters. The zero-order valence-electron chi connectivity index (χ0n) is 5.80. The second kappa shape index (κ2) is 2.27. The largest absolute Gasteiger partial charge is 0.366 e. The molecule has 1 aliphatic carbocycles. The third kappa shape index (κ3) is 1.66. The number of hydrogen-bond donors (Lipinski definition) is 2. The summed E-state index contributed by atoms with van der Waals surface area (Å²) in [5, 5.41) is 18.1. The fourth-order valence-electron chi connectivity index (χ4n) is 1.45. The summed E-state index contributed by atoms with van der Waals surface area (Å²) in [6, 6.07) is 0. The molecule has 0 bridgehead atoms. The van der Waals surface area contributed by atoms with Crippen molar-refractivity contribution in [1.82, 2.24) is 0 Å². The minimum absolute atomic E-state index is 0.542. The molecule has 0 radical (unpaired) electrons. The van der Waals surface area contributed by atoms with E-state index in [0.717, 1.165) is 12.8 Å². The van der Waals surface area contributed by atoms with Gasteiger partial charge in [-0.3, -0.25) is 0 Å². The monoisotopic (exact) mass is 130 g/mol. The standard InChI is InChI=1S/C7H14O2/c1-2-6-3-4-7(8,9)5-6/h6,8-9H,2-5H2,1H3. The average Bonchev–Trinajstić information content (AvgIpc) is 2.10. The molecule has 0 aliphatic heterocycles. The van der Waals surface area contributed by atoms with Crippen molar-refractivity contribution in [2.45, 2.75) is 38.4 Å². The Morgan fingerprint density at radius 3 is 2.44 bits per heavy atom. The summed E-state index contributed by atoms with van der Waals surface area (Å²) in [4.78, 5) is 0. The van der Waals surface area contributed by atoms with Gasteiger partial charge in [-0.1, -0.05) is 13.3 Å². The molecule has 0 aromatic rings. The summed E-state index contributed by atoms with van der Waals surface area (Å²) in [6.07, 6.45) is 3.18. The Balaban J connectivity index is 2.38. The molecule has 2 heteroatoms. The first kappa shape index (κ1) is 7.03. The van der Waals surface area contributed by atoms with Gasteiger partial charge < -0.3 is 10.2 Å². The molecule has 0 aromatic heterocycles. The highest BCUT2D eigenvalue weighted by atomic mass is 16.5. The first-order valence-electron chi connectivity index (χ1n) is 3.59. The lowest BCUT2D eigenvalue weighted by molar-refractivity contribution is -0.155. The van der Waals surface area contributed by atoms with Gasteiger partial charge in [0, 0.05) is 12.8 Å². The summed E-state index contributed by atoms with van der Waals surface area (Å²) in [5.41, 5.74) is 0. The van der Waals surface area contributed by atoms with E-state index in [0.29, 0.717) is 18.8 Å². The van der Waals surface area contributed by atoms with Gasteiger partial charge in [-0.25, -0.2) is 0 Å². The van der Waals surface area contributed by atoms with Gasteiger partial charge in [0.2, 0.25) is 0 Å². The van der Waals surface area contributed by atoms with Crippen LogP contribution in [0, 0.1) is 5.92 Å². The van der Waals surface area contributed by atoms with Gasteiger partial charge in [-0.2, -0.15) is 0 Å². The molecule has 54 valence electrons. The molecule has 1 rings (SSSR count). The number of rotatable bonds is 1. The van der Waals surface area contributed by atoms with E-state index in [9.17, 15) is 0 Å². The second-order valence-corrected chi connectivity index (χ2v) is 3.00. The van der Waals surface area contributed by atoms with E-state index in [1.807, 2.05) is 0 Å². The second-order valence-electron chi connectivity index (χ2n) is 3.00. The van der Waals surface area contributed by atoms with Gasteiger partial charge in [-0.15, -0.1) is 0 Å². The van der Waals surface area contributed by atoms with Crippen molar-refractivity contribution in [3.05, 3.63) is 0 Å². The SMILES string of the molecule is CCC1CCC(O)(O)C1. The van der Waals surface area contributed by atoms with Gasteiger partial charge in [0.25, 0.3) is 0 Å². The lowest BCUT2D eigenvalue weighted by atomic mass is 10.1. The summed E-state index contributed by atoms with van der Waals surface area (Å²) >= 11 is 0. The van der Waals surface area contributed by atoms with E-state index in [1.165, 1.54) is 0 Å². The third-order valence-electron chi connectivity index (χ3n) is 2.15.